The number of hydrazone groups is 1. The van der Waals surface area contributed by atoms with E-state index in [0.717, 1.165) is 6.21 Å². The standard InChI is InChI=1S/C15H9Cl3N4O4/c16-10-4-2-9(6-12(10)18)20-14(23)15(24)21-19-7-8-1-3-11(17)13(5-8)22(25)26/h1-7H,(H,20,23)(H,21,24)/b19-7+. The highest BCUT2D eigenvalue weighted by molar-refractivity contribution is 6.43. The van der Waals surface area contributed by atoms with Gasteiger partial charge in [-0.2, -0.15) is 5.10 Å². The zero-order chi connectivity index (χ0) is 19.3. The third-order valence-electron chi connectivity index (χ3n) is 2.93. The fraction of sp³-hybridized carbons (Fsp3) is 0. The van der Waals surface area contributed by atoms with Crippen LogP contribution in [0.15, 0.2) is 41.5 Å². The molecule has 26 heavy (non-hydrogen) atoms. The van der Waals surface area contributed by atoms with Crippen LogP contribution in [-0.4, -0.2) is 23.0 Å². The first-order valence-electron chi connectivity index (χ1n) is 6.81. The van der Waals surface area contributed by atoms with E-state index >= 15 is 0 Å². The number of hydrogen-bond donors (Lipinski definition) is 2. The summed E-state index contributed by atoms with van der Waals surface area (Å²) in [5.41, 5.74) is 2.28. The Bertz CT molecular complexity index is 918. The lowest BCUT2D eigenvalue weighted by Gasteiger charge is -2.05. The first-order valence-corrected chi connectivity index (χ1v) is 7.94. The van der Waals surface area contributed by atoms with Gasteiger partial charge in [-0.05, 0) is 24.3 Å². The zero-order valence-corrected chi connectivity index (χ0v) is 15.0. The van der Waals surface area contributed by atoms with Crippen molar-refractivity contribution in [3.63, 3.8) is 0 Å². The smallest absolute Gasteiger partial charge is 0.318 e. The van der Waals surface area contributed by atoms with Crippen molar-refractivity contribution in [2.45, 2.75) is 0 Å². The van der Waals surface area contributed by atoms with Crippen molar-refractivity contribution in [2.75, 3.05) is 5.32 Å². The largest absolute Gasteiger partial charge is 0.329 e. The normalized spacial score (nSPS) is 10.6. The van der Waals surface area contributed by atoms with Gasteiger partial charge < -0.3 is 5.32 Å². The van der Waals surface area contributed by atoms with E-state index in [1.54, 1.807) is 0 Å². The maximum Gasteiger partial charge on any atom is 0.329 e. The monoisotopic (exact) mass is 414 g/mol. The maximum atomic E-state index is 11.8. The third kappa shape index (κ3) is 5.16. The van der Waals surface area contributed by atoms with E-state index in [1.807, 2.05) is 5.43 Å². The second-order valence-corrected chi connectivity index (χ2v) is 5.97. The molecule has 0 saturated heterocycles. The van der Waals surface area contributed by atoms with Gasteiger partial charge in [0.2, 0.25) is 0 Å². The van der Waals surface area contributed by atoms with E-state index in [-0.39, 0.29) is 21.4 Å². The molecular formula is C15H9Cl3N4O4. The fourth-order valence-electron chi connectivity index (χ4n) is 1.73. The summed E-state index contributed by atoms with van der Waals surface area (Å²) in [4.78, 5) is 33.6. The van der Waals surface area contributed by atoms with E-state index in [2.05, 4.69) is 10.4 Å². The SMILES string of the molecule is O=C(N/N=C/c1ccc(Cl)c([N+](=O)[O-])c1)C(=O)Nc1ccc(Cl)c(Cl)c1. The summed E-state index contributed by atoms with van der Waals surface area (Å²) < 4.78 is 0. The van der Waals surface area contributed by atoms with E-state index in [1.165, 1.54) is 36.4 Å². The maximum absolute atomic E-state index is 11.8. The Balaban J connectivity index is 1.98. The number of benzene rings is 2. The molecule has 0 bridgehead atoms. The van der Waals surface area contributed by atoms with Crippen LogP contribution in [0.2, 0.25) is 15.1 Å². The Morgan fingerprint density at radius 1 is 1.00 bits per heavy atom. The molecule has 2 amide bonds. The molecule has 2 aromatic carbocycles. The van der Waals surface area contributed by atoms with Gasteiger partial charge in [0.1, 0.15) is 5.02 Å². The molecule has 0 aliphatic carbocycles. The number of carbonyl (C=O) groups excluding carboxylic acids is 2. The minimum atomic E-state index is -1.05. The Labute approximate surface area is 161 Å². The van der Waals surface area contributed by atoms with Crippen molar-refractivity contribution in [3.8, 4) is 0 Å². The summed E-state index contributed by atoms with van der Waals surface area (Å²) in [5.74, 6) is -2.03. The zero-order valence-electron chi connectivity index (χ0n) is 12.7. The molecule has 0 unspecified atom stereocenters. The van der Waals surface area contributed by atoms with Crippen molar-refractivity contribution in [2.24, 2.45) is 5.10 Å². The van der Waals surface area contributed by atoms with Crippen LogP contribution in [0.4, 0.5) is 11.4 Å². The van der Waals surface area contributed by atoms with Gasteiger partial charge >= 0.3 is 11.8 Å². The van der Waals surface area contributed by atoms with Crippen LogP contribution in [-0.2, 0) is 9.59 Å². The average Bonchev–Trinajstić information content (AvgIpc) is 2.59. The van der Waals surface area contributed by atoms with Crippen LogP contribution in [0.3, 0.4) is 0 Å². The minimum absolute atomic E-state index is 0.0304. The lowest BCUT2D eigenvalue weighted by atomic mass is 10.2. The molecule has 2 aromatic rings. The molecule has 0 aliphatic rings. The van der Waals surface area contributed by atoms with Gasteiger partial charge in [-0.25, -0.2) is 5.43 Å². The summed E-state index contributed by atoms with van der Waals surface area (Å²) in [5, 5.41) is 17.2. The van der Waals surface area contributed by atoms with Crippen LogP contribution in [0.5, 0.6) is 0 Å². The van der Waals surface area contributed by atoms with Crippen LogP contribution in [0, 0.1) is 10.1 Å². The molecule has 0 fully saturated rings. The summed E-state index contributed by atoms with van der Waals surface area (Å²) in [6, 6.07) is 8.26. The van der Waals surface area contributed by atoms with Gasteiger partial charge in [-0.15, -0.1) is 0 Å². The Kier molecular flexibility index (Phi) is 6.51. The number of carbonyl (C=O) groups is 2. The number of nitrogens with zero attached hydrogens (tertiary/aromatic N) is 2. The Morgan fingerprint density at radius 2 is 1.69 bits per heavy atom. The molecule has 0 saturated carbocycles. The summed E-state index contributed by atoms with van der Waals surface area (Å²) in [7, 11) is 0. The number of nitro benzene ring substituents is 1. The van der Waals surface area contributed by atoms with Crippen LogP contribution in [0.25, 0.3) is 0 Å². The number of rotatable bonds is 4. The van der Waals surface area contributed by atoms with E-state index in [4.69, 9.17) is 34.8 Å². The number of anilines is 1. The van der Waals surface area contributed by atoms with Gasteiger partial charge in [0.15, 0.2) is 0 Å². The number of halogens is 3. The van der Waals surface area contributed by atoms with Gasteiger partial charge in [0, 0.05) is 17.3 Å². The van der Waals surface area contributed by atoms with E-state index in [0.29, 0.717) is 10.6 Å². The topological polar surface area (TPSA) is 114 Å². The number of nitro groups is 1. The quantitative estimate of drug-likeness (QED) is 0.343. The van der Waals surface area contributed by atoms with Crippen molar-refractivity contribution < 1.29 is 14.5 Å². The first kappa shape index (κ1) is 19.6. The molecule has 134 valence electrons. The van der Waals surface area contributed by atoms with E-state index < -0.39 is 16.7 Å². The first-order chi connectivity index (χ1) is 12.3. The van der Waals surface area contributed by atoms with E-state index in [9.17, 15) is 19.7 Å². The molecule has 2 N–H and O–H groups in total. The van der Waals surface area contributed by atoms with Crippen molar-refractivity contribution in [3.05, 3.63) is 67.1 Å². The predicted molar refractivity (Wildman–Crippen MR) is 98.9 cm³/mol. The summed E-state index contributed by atoms with van der Waals surface area (Å²) in [6.45, 7) is 0. The molecule has 0 radical (unpaired) electrons. The van der Waals surface area contributed by atoms with Crippen molar-refractivity contribution in [1.29, 1.82) is 0 Å². The number of hydrogen-bond acceptors (Lipinski definition) is 5. The van der Waals surface area contributed by atoms with Gasteiger partial charge in [-0.3, -0.25) is 19.7 Å². The van der Waals surface area contributed by atoms with Gasteiger partial charge in [0.05, 0.1) is 21.2 Å². The van der Waals surface area contributed by atoms with Gasteiger partial charge in [-0.1, -0.05) is 40.9 Å². The molecular weight excluding hydrogens is 407 g/mol. The Hall–Kier alpha value is -2.68. The van der Waals surface area contributed by atoms with Crippen LogP contribution in [0.1, 0.15) is 5.56 Å². The predicted octanol–water partition coefficient (Wildman–Crippen LogP) is 3.64. The molecule has 0 aromatic heterocycles. The highest BCUT2D eigenvalue weighted by Gasteiger charge is 2.14. The molecule has 0 atom stereocenters. The highest BCUT2D eigenvalue weighted by Crippen LogP contribution is 2.25. The second-order valence-electron chi connectivity index (χ2n) is 4.75. The minimum Gasteiger partial charge on any atom is -0.318 e. The molecule has 8 nitrogen and oxygen atoms in total. The van der Waals surface area contributed by atoms with Crippen LogP contribution >= 0.6 is 34.8 Å². The number of nitrogens with one attached hydrogen (secondary N) is 2. The molecule has 0 spiro atoms. The Morgan fingerprint density at radius 3 is 2.35 bits per heavy atom. The summed E-state index contributed by atoms with van der Waals surface area (Å²) >= 11 is 17.3. The molecule has 0 aliphatic heterocycles. The third-order valence-corrected chi connectivity index (χ3v) is 3.99. The lowest BCUT2D eigenvalue weighted by molar-refractivity contribution is -0.384. The molecule has 11 heteroatoms. The number of amides is 2. The van der Waals surface area contributed by atoms with Crippen molar-refractivity contribution in [1.82, 2.24) is 5.43 Å². The van der Waals surface area contributed by atoms with Crippen LogP contribution < -0.4 is 10.7 Å². The highest BCUT2D eigenvalue weighted by atomic mass is 35.5. The van der Waals surface area contributed by atoms with Gasteiger partial charge in [0.25, 0.3) is 5.69 Å². The second kappa shape index (κ2) is 8.61. The average molecular weight is 416 g/mol. The van der Waals surface area contributed by atoms with Crippen molar-refractivity contribution >= 4 is 64.2 Å². The fourth-order valence-corrected chi connectivity index (χ4v) is 2.21. The summed E-state index contributed by atoms with van der Waals surface area (Å²) in [6.07, 6.45) is 1.13. The molecule has 2 rings (SSSR count). The molecule has 0 heterocycles. The lowest BCUT2D eigenvalue weighted by Crippen LogP contribution is -2.32.